The number of rotatable bonds is 8. The summed E-state index contributed by atoms with van der Waals surface area (Å²) in [7, 11) is 0. The van der Waals surface area contributed by atoms with Crippen molar-refractivity contribution in [2.45, 2.75) is 64.2 Å². The maximum atomic E-state index is 13.2. The summed E-state index contributed by atoms with van der Waals surface area (Å²) in [5.41, 5.74) is 0.633. The molecule has 0 unspecified atom stereocenters. The lowest BCUT2D eigenvalue weighted by atomic mass is 9.90. The van der Waals surface area contributed by atoms with Gasteiger partial charge in [-0.05, 0) is 43.0 Å². The molecule has 0 saturated carbocycles. The molecule has 5 nitrogen and oxygen atoms in total. The molecular weight excluding hydrogens is 381 g/mol. The van der Waals surface area contributed by atoms with Gasteiger partial charge in [-0.15, -0.1) is 0 Å². The Hall–Kier alpha value is -2.51. The second-order valence-electron chi connectivity index (χ2n) is 7.28. The van der Waals surface area contributed by atoms with E-state index in [1.54, 1.807) is 12.4 Å². The van der Waals surface area contributed by atoms with Crippen molar-refractivity contribution >= 4 is 11.6 Å². The van der Waals surface area contributed by atoms with E-state index < -0.39 is 11.7 Å². The summed E-state index contributed by atoms with van der Waals surface area (Å²) >= 11 is 0. The number of nitrogens with zero attached hydrogens (tertiary/aromatic N) is 2. The van der Waals surface area contributed by atoms with Crippen molar-refractivity contribution in [1.29, 1.82) is 0 Å². The monoisotopic (exact) mass is 408 g/mol. The van der Waals surface area contributed by atoms with Crippen LogP contribution in [0.2, 0.25) is 0 Å². The number of hydrogen-bond donors (Lipinski definition) is 2. The first-order valence-corrected chi connectivity index (χ1v) is 10.1. The summed E-state index contributed by atoms with van der Waals surface area (Å²) in [6.45, 7) is 4.79. The summed E-state index contributed by atoms with van der Waals surface area (Å²) in [6.07, 6.45) is 3.51. The molecule has 158 valence electrons. The van der Waals surface area contributed by atoms with Crippen LogP contribution in [0.15, 0.2) is 30.6 Å². The third kappa shape index (κ3) is 5.52. The zero-order chi connectivity index (χ0) is 20.9. The average Bonchev–Trinajstić information content (AvgIpc) is 2.71. The molecule has 1 aromatic heterocycles. The number of unbranched alkanes of at least 4 members (excludes halogenated alkanes) is 2. The molecule has 0 spiro atoms. The molecule has 0 aliphatic carbocycles. The highest BCUT2D eigenvalue weighted by Gasteiger charge is 2.34. The smallest absolute Gasteiger partial charge is 0.416 e. The molecule has 8 heteroatoms. The van der Waals surface area contributed by atoms with Crippen LogP contribution in [-0.4, -0.2) is 22.6 Å². The number of alkyl halides is 3. The molecule has 1 aliphatic rings. The maximum absolute atomic E-state index is 13.2. The molecule has 3 rings (SSSR count). The Morgan fingerprint density at radius 3 is 2.59 bits per heavy atom. The largest absolute Gasteiger partial charge is 0.490 e. The lowest BCUT2D eigenvalue weighted by Gasteiger charge is -2.33. The first-order chi connectivity index (χ1) is 13.9. The van der Waals surface area contributed by atoms with Gasteiger partial charge in [-0.25, -0.2) is 9.97 Å². The minimum absolute atomic E-state index is 0.165. The van der Waals surface area contributed by atoms with Crippen molar-refractivity contribution < 1.29 is 17.9 Å². The average molecular weight is 408 g/mol. The van der Waals surface area contributed by atoms with E-state index in [-0.39, 0.29) is 12.1 Å². The number of aromatic nitrogens is 2. The van der Waals surface area contributed by atoms with Crippen LogP contribution in [0.25, 0.3) is 0 Å². The van der Waals surface area contributed by atoms with Crippen LogP contribution in [0, 0.1) is 0 Å². The van der Waals surface area contributed by atoms with E-state index in [0.29, 0.717) is 36.0 Å². The molecule has 0 saturated heterocycles. The van der Waals surface area contributed by atoms with E-state index in [0.717, 1.165) is 31.7 Å². The predicted molar refractivity (Wildman–Crippen MR) is 107 cm³/mol. The molecule has 2 atom stereocenters. The van der Waals surface area contributed by atoms with E-state index in [2.05, 4.69) is 27.5 Å². The van der Waals surface area contributed by atoms with Gasteiger partial charge in [-0.2, -0.15) is 13.2 Å². The van der Waals surface area contributed by atoms with Gasteiger partial charge in [0.15, 0.2) is 5.75 Å². The van der Waals surface area contributed by atoms with E-state index in [9.17, 15) is 13.2 Å². The van der Waals surface area contributed by atoms with E-state index in [1.165, 1.54) is 12.1 Å². The van der Waals surface area contributed by atoms with Crippen LogP contribution in [0.5, 0.6) is 5.75 Å². The van der Waals surface area contributed by atoms with Crippen LogP contribution in [0.1, 0.15) is 63.1 Å². The predicted octanol–water partition coefficient (Wildman–Crippen LogP) is 5.81. The van der Waals surface area contributed by atoms with Gasteiger partial charge in [-0.3, -0.25) is 0 Å². The Bertz CT molecular complexity index is 796. The fraction of sp³-hybridized carbons (Fsp3) is 0.524. The summed E-state index contributed by atoms with van der Waals surface area (Å²) < 4.78 is 45.1. The maximum Gasteiger partial charge on any atom is 0.416 e. The highest BCUT2D eigenvalue weighted by atomic mass is 19.4. The SMILES string of the molecule is CCCCCOc1cnc(N[C@H]2C[C@@H](CC)Nc3ccc(C(F)(F)F)cc32)nc1. The van der Waals surface area contributed by atoms with Crippen LogP contribution in [0.4, 0.5) is 24.8 Å². The number of ether oxygens (including phenoxy) is 1. The summed E-state index contributed by atoms with van der Waals surface area (Å²) in [5.74, 6) is 0.958. The summed E-state index contributed by atoms with van der Waals surface area (Å²) in [4.78, 5) is 8.55. The number of benzene rings is 1. The number of anilines is 2. The third-order valence-electron chi connectivity index (χ3n) is 5.08. The molecule has 0 fully saturated rings. The van der Waals surface area contributed by atoms with E-state index in [4.69, 9.17) is 4.74 Å². The molecule has 2 N–H and O–H groups in total. The topological polar surface area (TPSA) is 59.1 Å². The lowest BCUT2D eigenvalue weighted by Crippen LogP contribution is -2.31. The van der Waals surface area contributed by atoms with Crippen molar-refractivity contribution in [2.75, 3.05) is 17.2 Å². The molecular formula is C21H27F3N4O. The van der Waals surface area contributed by atoms with Crippen LogP contribution in [-0.2, 0) is 6.18 Å². The van der Waals surface area contributed by atoms with Crippen molar-refractivity contribution in [1.82, 2.24) is 9.97 Å². The number of fused-ring (bicyclic) bond motifs is 1. The van der Waals surface area contributed by atoms with Crippen molar-refractivity contribution in [3.8, 4) is 5.75 Å². The summed E-state index contributed by atoms with van der Waals surface area (Å²) in [6, 6.07) is 3.68. The molecule has 0 amide bonds. The Morgan fingerprint density at radius 2 is 1.93 bits per heavy atom. The van der Waals surface area contributed by atoms with Gasteiger partial charge in [-0.1, -0.05) is 26.7 Å². The Kier molecular flexibility index (Phi) is 6.82. The Morgan fingerprint density at radius 1 is 1.17 bits per heavy atom. The van der Waals surface area contributed by atoms with Gasteiger partial charge >= 0.3 is 6.18 Å². The Labute approximate surface area is 169 Å². The molecule has 0 radical (unpaired) electrons. The highest BCUT2D eigenvalue weighted by molar-refractivity contribution is 5.59. The van der Waals surface area contributed by atoms with Gasteiger partial charge in [0.25, 0.3) is 0 Å². The van der Waals surface area contributed by atoms with Crippen LogP contribution in [0.3, 0.4) is 0 Å². The molecule has 1 aromatic carbocycles. The molecule has 0 bridgehead atoms. The fourth-order valence-electron chi connectivity index (χ4n) is 3.42. The molecule has 2 heterocycles. The molecule has 2 aromatic rings. The van der Waals surface area contributed by atoms with Gasteiger partial charge in [0.05, 0.1) is 30.6 Å². The van der Waals surface area contributed by atoms with Crippen molar-refractivity contribution in [3.63, 3.8) is 0 Å². The second kappa shape index (κ2) is 9.33. The van der Waals surface area contributed by atoms with E-state index in [1.807, 2.05) is 6.92 Å². The first-order valence-electron chi connectivity index (χ1n) is 10.1. The van der Waals surface area contributed by atoms with Crippen molar-refractivity contribution in [2.24, 2.45) is 0 Å². The zero-order valence-electron chi connectivity index (χ0n) is 16.7. The number of nitrogens with one attached hydrogen (secondary N) is 2. The van der Waals surface area contributed by atoms with Gasteiger partial charge in [0.2, 0.25) is 5.95 Å². The highest BCUT2D eigenvalue weighted by Crippen LogP contribution is 2.39. The van der Waals surface area contributed by atoms with Gasteiger partial charge in [0.1, 0.15) is 0 Å². The van der Waals surface area contributed by atoms with Gasteiger partial charge < -0.3 is 15.4 Å². The number of halogens is 3. The summed E-state index contributed by atoms with van der Waals surface area (Å²) in [5, 5.41) is 6.51. The number of hydrogen-bond acceptors (Lipinski definition) is 5. The van der Waals surface area contributed by atoms with Crippen molar-refractivity contribution in [3.05, 3.63) is 41.7 Å². The second-order valence-corrected chi connectivity index (χ2v) is 7.28. The third-order valence-corrected chi connectivity index (χ3v) is 5.08. The standard InChI is InChI=1S/C21H27F3N4O/c1-3-5-6-9-29-16-12-25-20(26-13-16)28-19-11-15(4-2)27-18-8-7-14(10-17(18)19)21(22,23)24/h7-8,10,12-13,15,19,27H,3-6,9,11H2,1-2H3,(H,25,26,28)/t15-,19+/m1/s1. The fourth-order valence-corrected chi connectivity index (χ4v) is 3.42. The minimum atomic E-state index is -4.38. The quantitative estimate of drug-likeness (QED) is 0.540. The first kappa shape index (κ1) is 21.2. The zero-order valence-corrected chi connectivity index (χ0v) is 16.7. The molecule has 29 heavy (non-hydrogen) atoms. The van der Waals surface area contributed by atoms with Crippen LogP contribution >= 0.6 is 0 Å². The lowest BCUT2D eigenvalue weighted by molar-refractivity contribution is -0.137. The molecule has 1 aliphatic heterocycles. The van der Waals surface area contributed by atoms with Gasteiger partial charge in [0, 0.05) is 11.7 Å². The van der Waals surface area contributed by atoms with E-state index >= 15 is 0 Å². The Balaban J connectivity index is 1.74. The van der Waals surface area contributed by atoms with Crippen LogP contribution < -0.4 is 15.4 Å². The minimum Gasteiger partial charge on any atom is -0.490 e. The normalized spacial score (nSPS) is 18.7.